The molecule has 0 radical (unpaired) electrons. The summed E-state index contributed by atoms with van der Waals surface area (Å²) < 4.78 is 5.85. The smallest absolute Gasteiger partial charge is 0.124 e. The van der Waals surface area contributed by atoms with Crippen molar-refractivity contribution in [1.29, 1.82) is 0 Å². The van der Waals surface area contributed by atoms with Crippen molar-refractivity contribution < 1.29 is 14.9 Å². The predicted molar refractivity (Wildman–Crippen MR) is 70.6 cm³/mol. The maximum Gasteiger partial charge on any atom is 0.124 e. The van der Waals surface area contributed by atoms with Crippen molar-refractivity contribution in [2.45, 2.75) is 57.3 Å². The summed E-state index contributed by atoms with van der Waals surface area (Å²) >= 11 is 0. The minimum absolute atomic E-state index is 0.0927. The highest BCUT2D eigenvalue weighted by Crippen LogP contribution is 2.24. The fourth-order valence-corrected chi connectivity index (χ4v) is 2.39. The summed E-state index contributed by atoms with van der Waals surface area (Å²) in [5.41, 5.74) is 0.878. The fraction of sp³-hybridized carbons (Fsp3) is 0.600. The third kappa shape index (κ3) is 3.47. The van der Waals surface area contributed by atoms with E-state index < -0.39 is 6.10 Å². The lowest BCUT2D eigenvalue weighted by Gasteiger charge is -2.22. The van der Waals surface area contributed by atoms with Crippen LogP contribution in [0.5, 0.6) is 5.75 Å². The number of rotatable bonds is 3. The summed E-state index contributed by atoms with van der Waals surface area (Å²) in [5, 5.41) is 19.4. The van der Waals surface area contributed by atoms with Crippen molar-refractivity contribution in [1.82, 2.24) is 0 Å². The number of aliphatic hydroxyl groups is 2. The van der Waals surface area contributed by atoms with Crippen LogP contribution < -0.4 is 4.74 Å². The normalized spacial score (nSPS) is 26.4. The van der Waals surface area contributed by atoms with Crippen LogP contribution in [0.3, 0.4) is 0 Å². The Hall–Kier alpha value is -1.06. The molecule has 2 unspecified atom stereocenters. The van der Waals surface area contributed by atoms with Gasteiger partial charge < -0.3 is 14.9 Å². The van der Waals surface area contributed by atoms with E-state index in [0.717, 1.165) is 37.0 Å². The highest BCUT2D eigenvalue weighted by Gasteiger charge is 2.23. The van der Waals surface area contributed by atoms with E-state index in [1.165, 1.54) is 6.42 Å². The molecular weight excluding hydrogens is 228 g/mol. The van der Waals surface area contributed by atoms with Gasteiger partial charge in [-0.05, 0) is 43.9 Å². The summed E-state index contributed by atoms with van der Waals surface area (Å²) in [6.07, 6.45) is 4.22. The molecular formula is C15H22O3. The van der Waals surface area contributed by atoms with E-state index in [1.807, 2.05) is 24.3 Å². The molecule has 0 bridgehead atoms. The average Bonchev–Trinajstić information content (AvgIpc) is 2.56. The topological polar surface area (TPSA) is 49.7 Å². The first-order valence-corrected chi connectivity index (χ1v) is 6.79. The summed E-state index contributed by atoms with van der Waals surface area (Å²) in [6.45, 7) is 1.74. The third-order valence-corrected chi connectivity index (χ3v) is 3.57. The molecule has 1 saturated carbocycles. The highest BCUT2D eigenvalue weighted by atomic mass is 16.5. The Bertz CT molecular complexity index is 359. The number of aliphatic hydroxyl groups excluding tert-OH is 2. The first-order valence-electron chi connectivity index (χ1n) is 6.79. The molecule has 1 aliphatic carbocycles. The van der Waals surface area contributed by atoms with E-state index in [2.05, 4.69) is 0 Å². The molecule has 0 heterocycles. The molecule has 0 aliphatic heterocycles. The van der Waals surface area contributed by atoms with E-state index in [0.29, 0.717) is 0 Å². The summed E-state index contributed by atoms with van der Waals surface area (Å²) in [5.74, 6) is 0.769. The zero-order chi connectivity index (χ0) is 13.0. The van der Waals surface area contributed by atoms with E-state index in [1.54, 1.807) is 6.92 Å². The molecule has 100 valence electrons. The Labute approximate surface area is 108 Å². The number of hydrogen-bond donors (Lipinski definition) is 2. The molecule has 1 aromatic rings. The van der Waals surface area contributed by atoms with Crippen molar-refractivity contribution in [3.63, 3.8) is 0 Å². The van der Waals surface area contributed by atoms with Gasteiger partial charge in [0, 0.05) is 0 Å². The molecule has 0 aromatic heterocycles. The highest BCUT2D eigenvalue weighted by molar-refractivity contribution is 5.28. The largest absolute Gasteiger partial charge is 0.488 e. The van der Waals surface area contributed by atoms with Gasteiger partial charge in [-0.25, -0.2) is 0 Å². The van der Waals surface area contributed by atoms with Crippen LogP contribution in [0.15, 0.2) is 24.3 Å². The van der Waals surface area contributed by atoms with Crippen molar-refractivity contribution >= 4 is 0 Å². The molecule has 3 nitrogen and oxygen atoms in total. The van der Waals surface area contributed by atoms with Crippen LogP contribution in [0.25, 0.3) is 0 Å². The van der Waals surface area contributed by atoms with Crippen LogP contribution in [0, 0.1) is 0 Å². The molecule has 0 amide bonds. The van der Waals surface area contributed by atoms with Gasteiger partial charge in [-0.15, -0.1) is 0 Å². The summed E-state index contributed by atoms with van der Waals surface area (Å²) in [4.78, 5) is 0. The van der Waals surface area contributed by atoms with E-state index >= 15 is 0 Å². The van der Waals surface area contributed by atoms with Crippen LogP contribution in [0.2, 0.25) is 0 Å². The number of hydrogen-bond acceptors (Lipinski definition) is 3. The molecule has 1 aliphatic rings. The average molecular weight is 250 g/mol. The van der Waals surface area contributed by atoms with Gasteiger partial charge in [0.25, 0.3) is 0 Å². The van der Waals surface area contributed by atoms with E-state index in [4.69, 9.17) is 4.74 Å². The van der Waals surface area contributed by atoms with Gasteiger partial charge in [0.15, 0.2) is 0 Å². The van der Waals surface area contributed by atoms with Crippen molar-refractivity contribution in [2.24, 2.45) is 0 Å². The van der Waals surface area contributed by atoms with Crippen molar-refractivity contribution in [2.75, 3.05) is 0 Å². The second-order valence-corrected chi connectivity index (χ2v) is 5.11. The summed E-state index contributed by atoms with van der Waals surface area (Å²) in [7, 11) is 0. The van der Waals surface area contributed by atoms with Crippen LogP contribution in [-0.2, 0) is 0 Å². The third-order valence-electron chi connectivity index (χ3n) is 3.57. The molecule has 2 N–H and O–H groups in total. The molecule has 3 atom stereocenters. The maximum atomic E-state index is 9.99. The first kappa shape index (κ1) is 13.4. The Morgan fingerprint density at radius 3 is 2.44 bits per heavy atom. The minimum Gasteiger partial charge on any atom is -0.488 e. The minimum atomic E-state index is -0.456. The fourth-order valence-electron chi connectivity index (χ4n) is 2.39. The second-order valence-electron chi connectivity index (χ2n) is 5.11. The summed E-state index contributed by atoms with van der Waals surface area (Å²) in [6, 6.07) is 7.45. The zero-order valence-electron chi connectivity index (χ0n) is 10.9. The van der Waals surface area contributed by atoms with E-state index in [9.17, 15) is 10.2 Å². The van der Waals surface area contributed by atoms with Gasteiger partial charge in [0.2, 0.25) is 0 Å². The van der Waals surface area contributed by atoms with Crippen molar-refractivity contribution in [3.8, 4) is 5.75 Å². The standard InChI is InChI=1S/C15H22O3/c1-11(16)12-7-9-13(10-8-12)18-15-6-4-2-3-5-14(15)17/h7-11,14-17H,2-6H2,1H3/t11-,14?,15?/m0/s1. The van der Waals surface area contributed by atoms with Gasteiger partial charge >= 0.3 is 0 Å². The lowest BCUT2D eigenvalue weighted by molar-refractivity contribution is 0.0319. The van der Waals surface area contributed by atoms with Crippen LogP contribution in [0.1, 0.15) is 50.7 Å². The first-order chi connectivity index (χ1) is 8.66. The Balaban J connectivity index is 1.99. The van der Waals surface area contributed by atoms with Gasteiger partial charge in [-0.1, -0.05) is 25.0 Å². The lowest BCUT2D eigenvalue weighted by atomic mass is 10.1. The Morgan fingerprint density at radius 2 is 1.78 bits per heavy atom. The molecule has 0 spiro atoms. The van der Waals surface area contributed by atoms with Crippen LogP contribution >= 0.6 is 0 Å². The Kier molecular flexibility index (Phi) is 4.61. The zero-order valence-corrected chi connectivity index (χ0v) is 10.9. The molecule has 2 rings (SSSR count). The lowest BCUT2D eigenvalue weighted by Crippen LogP contribution is -2.30. The predicted octanol–water partition coefficient (Wildman–Crippen LogP) is 2.81. The van der Waals surface area contributed by atoms with Gasteiger partial charge in [0.1, 0.15) is 11.9 Å². The SMILES string of the molecule is C[C@H](O)c1ccc(OC2CCCCCC2O)cc1. The molecule has 1 fully saturated rings. The molecule has 0 saturated heterocycles. The quantitative estimate of drug-likeness (QED) is 0.811. The number of ether oxygens (including phenoxy) is 1. The number of benzene rings is 1. The maximum absolute atomic E-state index is 9.99. The van der Waals surface area contributed by atoms with Crippen LogP contribution in [0.4, 0.5) is 0 Å². The molecule has 1 aromatic carbocycles. The second kappa shape index (κ2) is 6.21. The molecule has 18 heavy (non-hydrogen) atoms. The van der Waals surface area contributed by atoms with Crippen LogP contribution in [-0.4, -0.2) is 22.4 Å². The van der Waals surface area contributed by atoms with Crippen molar-refractivity contribution in [3.05, 3.63) is 29.8 Å². The van der Waals surface area contributed by atoms with Gasteiger partial charge in [-0.3, -0.25) is 0 Å². The Morgan fingerprint density at radius 1 is 1.11 bits per heavy atom. The van der Waals surface area contributed by atoms with Gasteiger partial charge in [0.05, 0.1) is 12.2 Å². The van der Waals surface area contributed by atoms with Gasteiger partial charge in [-0.2, -0.15) is 0 Å². The molecule has 3 heteroatoms. The van der Waals surface area contributed by atoms with E-state index in [-0.39, 0.29) is 12.2 Å². The monoisotopic (exact) mass is 250 g/mol.